The van der Waals surface area contributed by atoms with Crippen LogP contribution in [0.15, 0.2) is 49.2 Å². The number of aromatic carboxylic acids is 1. The first kappa shape index (κ1) is 18.0. The van der Waals surface area contributed by atoms with Crippen LogP contribution in [0.25, 0.3) is 5.69 Å². The van der Waals surface area contributed by atoms with Crippen LogP contribution in [-0.2, 0) is 0 Å². The van der Waals surface area contributed by atoms with Gasteiger partial charge in [-0.3, -0.25) is 9.48 Å². The Morgan fingerprint density at radius 2 is 1.86 bits per heavy atom. The van der Waals surface area contributed by atoms with Crippen molar-refractivity contribution >= 4 is 11.9 Å². The number of carbonyl (C=O) groups excluding carboxylic acids is 1. The van der Waals surface area contributed by atoms with Crippen LogP contribution in [-0.4, -0.2) is 54.3 Å². The van der Waals surface area contributed by atoms with Crippen LogP contribution in [0.2, 0.25) is 0 Å². The summed E-state index contributed by atoms with van der Waals surface area (Å²) < 4.78 is 3.67. The molecule has 0 saturated carbocycles. The molecule has 3 heterocycles. The Morgan fingerprint density at radius 3 is 2.43 bits per heavy atom. The lowest BCUT2D eigenvalue weighted by Crippen LogP contribution is -2.39. The largest absolute Gasteiger partial charge is 0.478 e. The molecule has 1 aliphatic rings. The Morgan fingerprint density at radius 1 is 1.14 bits per heavy atom. The molecule has 8 heteroatoms. The SMILES string of the molecule is Cc1c(C(=O)O)cnn1C1CCN(C(=O)c2ccc(-n3ccnc3)cc2)CC1. The summed E-state index contributed by atoms with van der Waals surface area (Å²) in [5.41, 5.74) is 2.51. The van der Waals surface area contributed by atoms with Crippen molar-refractivity contribution in [3.63, 3.8) is 0 Å². The van der Waals surface area contributed by atoms with Crippen LogP contribution in [0.5, 0.6) is 0 Å². The summed E-state index contributed by atoms with van der Waals surface area (Å²) in [6, 6.07) is 7.59. The molecule has 3 aromatic rings. The molecule has 0 bridgehead atoms. The number of benzene rings is 1. The van der Waals surface area contributed by atoms with Gasteiger partial charge in [0.2, 0.25) is 0 Å². The summed E-state index contributed by atoms with van der Waals surface area (Å²) in [6.45, 7) is 3.01. The van der Waals surface area contributed by atoms with Crippen molar-refractivity contribution in [2.45, 2.75) is 25.8 Å². The molecule has 0 spiro atoms. The quantitative estimate of drug-likeness (QED) is 0.752. The monoisotopic (exact) mass is 379 g/mol. The number of piperidine rings is 1. The molecule has 4 rings (SSSR count). The topological polar surface area (TPSA) is 93.3 Å². The second-order valence-electron chi connectivity index (χ2n) is 6.93. The van der Waals surface area contributed by atoms with Crippen LogP contribution in [0.4, 0.5) is 0 Å². The number of rotatable bonds is 4. The van der Waals surface area contributed by atoms with E-state index in [9.17, 15) is 14.7 Å². The summed E-state index contributed by atoms with van der Waals surface area (Å²) >= 11 is 0. The van der Waals surface area contributed by atoms with Crippen LogP contribution in [0.1, 0.15) is 45.3 Å². The van der Waals surface area contributed by atoms with Crippen LogP contribution >= 0.6 is 0 Å². The Kier molecular flexibility index (Phi) is 4.68. The maximum atomic E-state index is 12.8. The highest BCUT2D eigenvalue weighted by Crippen LogP contribution is 2.25. The van der Waals surface area contributed by atoms with E-state index in [-0.39, 0.29) is 17.5 Å². The third-order valence-electron chi connectivity index (χ3n) is 5.29. The van der Waals surface area contributed by atoms with Gasteiger partial charge in [-0.25, -0.2) is 9.78 Å². The maximum absolute atomic E-state index is 12.8. The van der Waals surface area contributed by atoms with Crippen molar-refractivity contribution < 1.29 is 14.7 Å². The summed E-state index contributed by atoms with van der Waals surface area (Å²) in [7, 11) is 0. The third-order valence-corrected chi connectivity index (χ3v) is 5.29. The Balaban J connectivity index is 1.41. The van der Waals surface area contributed by atoms with Crippen molar-refractivity contribution in [1.82, 2.24) is 24.2 Å². The minimum atomic E-state index is -0.962. The molecule has 2 aromatic heterocycles. The fraction of sp³-hybridized carbons (Fsp3) is 0.300. The molecule has 1 amide bonds. The molecule has 1 fully saturated rings. The molecule has 144 valence electrons. The van der Waals surface area contributed by atoms with Crippen LogP contribution in [0.3, 0.4) is 0 Å². The molecule has 1 saturated heterocycles. The van der Waals surface area contributed by atoms with Crippen molar-refractivity contribution in [3.05, 3.63) is 66.0 Å². The average Bonchev–Trinajstić information content (AvgIpc) is 3.38. The fourth-order valence-corrected chi connectivity index (χ4v) is 3.69. The first-order valence-corrected chi connectivity index (χ1v) is 9.19. The molecule has 0 aliphatic carbocycles. The number of carboxylic acids is 1. The van der Waals surface area contributed by atoms with Gasteiger partial charge in [0, 0.05) is 36.7 Å². The van der Waals surface area contributed by atoms with Gasteiger partial charge >= 0.3 is 5.97 Å². The maximum Gasteiger partial charge on any atom is 0.339 e. The minimum absolute atomic E-state index is 0.0130. The molecular weight excluding hydrogens is 358 g/mol. The van der Waals surface area contributed by atoms with E-state index in [1.807, 2.05) is 39.9 Å². The number of hydrogen-bond donors (Lipinski definition) is 1. The smallest absolute Gasteiger partial charge is 0.339 e. The third kappa shape index (κ3) is 3.28. The van der Waals surface area contributed by atoms with E-state index in [0.29, 0.717) is 24.3 Å². The molecular formula is C20H21N5O3. The van der Waals surface area contributed by atoms with Gasteiger partial charge in [0.15, 0.2) is 0 Å². The number of aromatic nitrogens is 4. The van der Waals surface area contributed by atoms with Gasteiger partial charge in [-0.15, -0.1) is 0 Å². The lowest BCUT2D eigenvalue weighted by atomic mass is 10.0. The molecule has 0 atom stereocenters. The number of carbonyl (C=O) groups is 2. The number of carboxylic acid groups (broad SMARTS) is 1. The molecule has 1 aliphatic heterocycles. The van der Waals surface area contributed by atoms with E-state index >= 15 is 0 Å². The van der Waals surface area contributed by atoms with E-state index in [1.54, 1.807) is 24.1 Å². The zero-order chi connectivity index (χ0) is 19.7. The highest BCUT2D eigenvalue weighted by Gasteiger charge is 2.27. The normalized spacial score (nSPS) is 15.0. The van der Waals surface area contributed by atoms with E-state index in [0.717, 1.165) is 18.5 Å². The van der Waals surface area contributed by atoms with Gasteiger partial charge in [0.25, 0.3) is 5.91 Å². The van der Waals surface area contributed by atoms with Gasteiger partial charge < -0.3 is 14.6 Å². The standard InChI is InChI=1S/C20H21N5O3/c1-14-18(20(27)28)12-22-25(14)17-6-9-23(10-7-17)19(26)15-2-4-16(5-3-15)24-11-8-21-13-24/h2-5,8,11-13,17H,6-7,9-10H2,1H3,(H,27,28). The van der Waals surface area contributed by atoms with E-state index in [2.05, 4.69) is 10.1 Å². The van der Waals surface area contributed by atoms with Gasteiger partial charge in [0.05, 0.1) is 24.3 Å². The number of hydrogen-bond acceptors (Lipinski definition) is 4. The van der Waals surface area contributed by atoms with Gasteiger partial charge in [-0.05, 0) is 44.0 Å². The first-order chi connectivity index (χ1) is 13.5. The zero-order valence-electron chi connectivity index (χ0n) is 15.5. The molecule has 0 unspecified atom stereocenters. The van der Waals surface area contributed by atoms with Crippen molar-refractivity contribution in [2.24, 2.45) is 0 Å². The summed E-state index contributed by atoms with van der Waals surface area (Å²) in [6.07, 6.45) is 8.19. The highest BCUT2D eigenvalue weighted by molar-refractivity contribution is 5.94. The van der Waals surface area contributed by atoms with Crippen molar-refractivity contribution in [3.8, 4) is 5.69 Å². The number of likely N-dealkylation sites (tertiary alicyclic amines) is 1. The lowest BCUT2D eigenvalue weighted by molar-refractivity contribution is 0.0688. The number of amides is 1. The second-order valence-corrected chi connectivity index (χ2v) is 6.93. The Labute approximate surface area is 162 Å². The summed E-state index contributed by atoms with van der Waals surface area (Å²) in [5, 5.41) is 13.4. The van der Waals surface area contributed by atoms with E-state index < -0.39 is 5.97 Å². The van der Waals surface area contributed by atoms with Crippen molar-refractivity contribution in [1.29, 1.82) is 0 Å². The van der Waals surface area contributed by atoms with Crippen molar-refractivity contribution in [2.75, 3.05) is 13.1 Å². The number of imidazole rings is 1. The van der Waals surface area contributed by atoms with Gasteiger partial charge in [-0.2, -0.15) is 5.10 Å². The first-order valence-electron chi connectivity index (χ1n) is 9.19. The van der Waals surface area contributed by atoms with E-state index in [4.69, 9.17) is 0 Å². The predicted octanol–water partition coefficient (Wildman–Crippen LogP) is 2.55. The highest BCUT2D eigenvalue weighted by atomic mass is 16.4. The molecule has 1 aromatic carbocycles. The molecule has 1 N–H and O–H groups in total. The number of nitrogens with zero attached hydrogens (tertiary/aromatic N) is 5. The van der Waals surface area contributed by atoms with Crippen LogP contribution < -0.4 is 0 Å². The Hall–Kier alpha value is -3.42. The van der Waals surface area contributed by atoms with Crippen LogP contribution in [0, 0.1) is 6.92 Å². The summed E-state index contributed by atoms with van der Waals surface area (Å²) in [5.74, 6) is -0.949. The second kappa shape index (κ2) is 7.30. The average molecular weight is 379 g/mol. The van der Waals surface area contributed by atoms with E-state index in [1.165, 1.54) is 6.20 Å². The molecule has 28 heavy (non-hydrogen) atoms. The Bertz CT molecular complexity index is 984. The molecule has 8 nitrogen and oxygen atoms in total. The van der Waals surface area contributed by atoms with Gasteiger partial charge in [0.1, 0.15) is 5.56 Å². The fourth-order valence-electron chi connectivity index (χ4n) is 3.69. The zero-order valence-corrected chi connectivity index (χ0v) is 15.5. The molecule has 0 radical (unpaired) electrons. The summed E-state index contributed by atoms with van der Waals surface area (Å²) in [4.78, 5) is 29.9. The lowest BCUT2D eigenvalue weighted by Gasteiger charge is -2.32. The predicted molar refractivity (Wildman–Crippen MR) is 102 cm³/mol. The minimum Gasteiger partial charge on any atom is -0.478 e. The van der Waals surface area contributed by atoms with Gasteiger partial charge in [-0.1, -0.05) is 0 Å².